The molecular weight excluding hydrogens is 242 g/mol. The van der Waals surface area contributed by atoms with Crippen molar-refractivity contribution >= 4 is 0 Å². The molecule has 0 aliphatic heterocycles. The first-order chi connectivity index (χ1) is 9.49. The minimum Gasteiger partial charge on any atom is -0.324 e. The van der Waals surface area contributed by atoms with Crippen LogP contribution in [0.3, 0.4) is 0 Å². The van der Waals surface area contributed by atoms with Gasteiger partial charge in [0.1, 0.15) is 0 Å². The summed E-state index contributed by atoms with van der Waals surface area (Å²) >= 11 is 0. The first-order valence-corrected chi connectivity index (χ1v) is 7.36. The second-order valence-electron chi connectivity index (χ2n) is 6.00. The lowest BCUT2D eigenvalue weighted by Gasteiger charge is -2.22. The Morgan fingerprint density at radius 3 is 2.05 bits per heavy atom. The number of rotatable bonds is 4. The summed E-state index contributed by atoms with van der Waals surface area (Å²) in [5.41, 5.74) is 13.2. The molecule has 20 heavy (non-hydrogen) atoms. The van der Waals surface area contributed by atoms with Crippen LogP contribution in [0, 0.1) is 26.7 Å². The van der Waals surface area contributed by atoms with Crippen LogP contribution in [0.2, 0.25) is 0 Å². The van der Waals surface area contributed by atoms with Gasteiger partial charge in [0.2, 0.25) is 0 Å². The summed E-state index contributed by atoms with van der Waals surface area (Å²) < 4.78 is 0. The van der Waals surface area contributed by atoms with Crippen LogP contribution in [0.4, 0.5) is 0 Å². The molecular formula is C19H25N. The molecule has 2 N–H and O–H groups in total. The van der Waals surface area contributed by atoms with Crippen LogP contribution in [0.15, 0.2) is 42.5 Å². The second kappa shape index (κ2) is 6.23. The van der Waals surface area contributed by atoms with E-state index in [-0.39, 0.29) is 6.04 Å². The Labute approximate surface area is 122 Å². The fourth-order valence-corrected chi connectivity index (χ4v) is 2.98. The van der Waals surface area contributed by atoms with Crippen molar-refractivity contribution in [3.05, 3.63) is 70.3 Å². The molecule has 2 rings (SSSR count). The van der Waals surface area contributed by atoms with Gasteiger partial charge in [0, 0.05) is 6.04 Å². The lowest BCUT2D eigenvalue weighted by molar-refractivity contribution is 0.466. The van der Waals surface area contributed by atoms with E-state index < -0.39 is 0 Å². The van der Waals surface area contributed by atoms with Crippen LogP contribution in [-0.4, -0.2) is 0 Å². The maximum atomic E-state index is 6.42. The van der Waals surface area contributed by atoms with Gasteiger partial charge in [-0.1, -0.05) is 55.0 Å². The Hall–Kier alpha value is -1.60. The minimum absolute atomic E-state index is 0.0938. The van der Waals surface area contributed by atoms with Crippen LogP contribution >= 0.6 is 0 Å². The zero-order valence-electron chi connectivity index (χ0n) is 13.0. The molecule has 1 nitrogen and oxygen atoms in total. The topological polar surface area (TPSA) is 26.0 Å². The van der Waals surface area contributed by atoms with Crippen molar-refractivity contribution < 1.29 is 0 Å². The molecule has 0 bridgehead atoms. The summed E-state index contributed by atoms with van der Waals surface area (Å²) in [7, 11) is 0. The van der Waals surface area contributed by atoms with E-state index in [0.29, 0.717) is 5.92 Å². The highest BCUT2D eigenvalue weighted by Crippen LogP contribution is 2.26. The molecule has 2 aromatic rings. The molecule has 0 amide bonds. The third-order valence-corrected chi connectivity index (χ3v) is 4.16. The van der Waals surface area contributed by atoms with Gasteiger partial charge in [-0.25, -0.2) is 0 Å². The predicted molar refractivity (Wildman–Crippen MR) is 86.9 cm³/mol. The Balaban J connectivity index is 2.18. The van der Waals surface area contributed by atoms with Crippen LogP contribution < -0.4 is 5.73 Å². The molecule has 0 aliphatic carbocycles. The van der Waals surface area contributed by atoms with Crippen molar-refractivity contribution in [2.24, 2.45) is 11.7 Å². The highest BCUT2D eigenvalue weighted by atomic mass is 14.6. The second-order valence-corrected chi connectivity index (χ2v) is 6.00. The van der Waals surface area contributed by atoms with E-state index in [1.54, 1.807) is 0 Å². The van der Waals surface area contributed by atoms with Crippen LogP contribution in [0.5, 0.6) is 0 Å². The maximum absolute atomic E-state index is 6.42. The van der Waals surface area contributed by atoms with Gasteiger partial charge in [-0.05, 0) is 55.4 Å². The lowest BCUT2D eigenvalue weighted by atomic mass is 9.86. The van der Waals surface area contributed by atoms with E-state index in [9.17, 15) is 0 Å². The molecule has 0 aromatic heterocycles. The molecule has 2 aromatic carbocycles. The number of hydrogen-bond acceptors (Lipinski definition) is 1. The minimum atomic E-state index is 0.0938. The van der Waals surface area contributed by atoms with Crippen LogP contribution in [0.25, 0.3) is 0 Å². The normalized spacial score (nSPS) is 14.1. The molecule has 0 heterocycles. The van der Waals surface area contributed by atoms with Crippen LogP contribution in [-0.2, 0) is 6.42 Å². The molecule has 0 saturated carbocycles. The predicted octanol–water partition coefficient (Wildman–Crippen LogP) is 4.49. The van der Waals surface area contributed by atoms with Gasteiger partial charge in [0.05, 0.1) is 0 Å². The average Bonchev–Trinajstić information content (AvgIpc) is 2.42. The van der Waals surface area contributed by atoms with Gasteiger partial charge in [0.15, 0.2) is 0 Å². The van der Waals surface area contributed by atoms with Gasteiger partial charge in [-0.2, -0.15) is 0 Å². The van der Waals surface area contributed by atoms with Gasteiger partial charge in [-0.3, -0.25) is 0 Å². The summed E-state index contributed by atoms with van der Waals surface area (Å²) in [6.45, 7) is 8.81. The van der Waals surface area contributed by atoms with Gasteiger partial charge in [0.25, 0.3) is 0 Å². The molecule has 1 heteroatoms. The van der Waals surface area contributed by atoms with E-state index in [0.717, 1.165) is 6.42 Å². The Morgan fingerprint density at radius 2 is 1.50 bits per heavy atom. The molecule has 0 radical (unpaired) electrons. The highest BCUT2D eigenvalue weighted by molar-refractivity contribution is 5.38. The molecule has 2 atom stereocenters. The summed E-state index contributed by atoms with van der Waals surface area (Å²) in [6.07, 6.45) is 1.04. The van der Waals surface area contributed by atoms with E-state index in [4.69, 9.17) is 5.73 Å². The summed E-state index contributed by atoms with van der Waals surface area (Å²) in [5, 5.41) is 0. The number of benzene rings is 2. The Morgan fingerprint density at radius 1 is 0.950 bits per heavy atom. The molecule has 0 fully saturated rings. The van der Waals surface area contributed by atoms with Crippen molar-refractivity contribution in [2.45, 2.75) is 40.2 Å². The molecule has 0 aliphatic rings. The van der Waals surface area contributed by atoms with E-state index in [1.807, 2.05) is 6.07 Å². The first-order valence-electron chi connectivity index (χ1n) is 7.36. The monoisotopic (exact) mass is 267 g/mol. The maximum Gasteiger partial charge on any atom is 0.0324 e. The van der Waals surface area contributed by atoms with Gasteiger partial charge < -0.3 is 5.73 Å². The number of nitrogens with two attached hydrogens (primary N) is 1. The molecule has 2 unspecified atom stereocenters. The van der Waals surface area contributed by atoms with Crippen molar-refractivity contribution in [3.63, 3.8) is 0 Å². The number of hydrogen-bond donors (Lipinski definition) is 1. The first kappa shape index (κ1) is 14.8. The average molecular weight is 267 g/mol. The third-order valence-electron chi connectivity index (χ3n) is 4.16. The Kier molecular flexibility index (Phi) is 4.61. The number of aryl methyl sites for hydroxylation is 3. The van der Waals surface area contributed by atoms with Crippen molar-refractivity contribution in [3.8, 4) is 0 Å². The lowest BCUT2D eigenvalue weighted by Crippen LogP contribution is -2.21. The van der Waals surface area contributed by atoms with Crippen molar-refractivity contribution in [2.75, 3.05) is 0 Å². The van der Waals surface area contributed by atoms with Crippen LogP contribution in [0.1, 0.15) is 40.8 Å². The zero-order valence-corrected chi connectivity index (χ0v) is 13.0. The summed E-state index contributed by atoms with van der Waals surface area (Å²) in [4.78, 5) is 0. The summed E-state index contributed by atoms with van der Waals surface area (Å²) in [5.74, 6) is 0.428. The third kappa shape index (κ3) is 3.29. The smallest absolute Gasteiger partial charge is 0.0324 e. The molecule has 0 spiro atoms. The largest absolute Gasteiger partial charge is 0.324 e. The highest BCUT2D eigenvalue weighted by Gasteiger charge is 2.17. The van der Waals surface area contributed by atoms with E-state index in [2.05, 4.69) is 64.1 Å². The van der Waals surface area contributed by atoms with E-state index >= 15 is 0 Å². The molecule has 106 valence electrons. The SMILES string of the molecule is Cc1cc(C)c(CC(C)C(N)c2ccccc2)c(C)c1. The standard InChI is InChI=1S/C19H25N/c1-13-10-14(2)18(15(3)11-13)12-16(4)19(20)17-8-6-5-7-9-17/h5-11,16,19H,12,20H2,1-4H3. The summed E-state index contributed by atoms with van der Waals surface area (Å²) in [6, 6.07) is 15.0. The van der Waals surface area contributed by atoms with E-state index in [1.165, 1.54) is 27.8 Å². The van der Waals surface area contributed by atoms with Crippen molar-refractivity contribution in [1.29, 1.82) is 0 Å². The molecule has 0 saturated heterocycles. The Bertz CT molecular complexity index is 549. The van der Waals surface area contributed by atoms with Gasteiger partial charge in [-0.15, -0.1) is 0 Å². The van der Waals surface area contributed by atoms with Crippen molar-refractivity contribution in [1.82, 2.24) is 0 Å². The fourth-order valence-electron chi connectivity index (χ4n) is 2.98. The quantitative estimate of drug-likeness (QED) is 0.867. The van der Waals surface area contributed by atoms with Gasteiger partial charge >= 0.3 is 0 Å². The zero-order chi connectivity index (χ0) is 14.7. The fraction of sp³-hybridized carbons (Fsp3) is 0.368.